The Balaban J connectivity index is 3.09. The zero-order valence-electron chi connectivity index (χ0n) is 11.9. The number of phenols is 1. The van der Waals surface area contributed by atoms with Crippen molar-refractivity contribution in [1.82, 2.24) is 0 Å². The van der Waals surface area contributed by atoms with Crippen molar-refractivity contribution in [1.29, 1.82) is 0 Å². The molecule has 1 aromatic carbocycles. The standard InChI is InChI=1S/C15H23NO3/c1-4-12(5-2)16(8-9-17)13-6-7-14(11(3)18)15(19)10-13/h6-7,10,12,17,19H,4-5,8-9H2,1-3H3. The quantitative estimate of drug-likeness (QED) is 0.744. The average Bonchev–Trinajstić information content (AvgIpc) is 2.38. The summed E-state index contributed by atoms with van der Waals surface area (Å²) in [5.41, 5.74) is 1.17. The first-order valence-corrected chi connectivity index (χ1v) is 6.76. The first-order chi connectivity index (χ1) is 9.04. The fourth-order valence-electron chi connectivity index (χ4n) is 2.36. The Morgan fingerprint density at radius 3 is 2.37 bits per heavy atom. The highest BCUT2D eigenvalue weighted by Crippen LogP contribution is 2.27. The summed E-state index contributed by atoms with van der Waals surface area (Å²) in [5.74, 6) is -0.154. The molecule has 0 atom stereocenters. The zero-order valence-corrected chi connectivity index (χ0v) is 11.9. The van der Waals surface area contributed by atoms with Crippen LogP contribution in [0.5, 0.6) is 5.75 Å². The van der Waals surface area contributed by atoms with Gasteiger partial charge < -0.3 is 15.1 Å². The molecule has 0 unspecified atom stereocenters. The van der Waals surface area contributed by atoms with Gasteiger partial charge >= 0.3 is 0 Å². The molecule has 4 heteroatoms. The molecule has 0 spiro atoms. The Morgan fingerprint density at radius 2 is 1.95 bits per heavy atom. The summed E-state index contributed by atoms with van der Waals surface area (Å²) in [5, 5.41) is 19.1. The molecule has 4 nitrogen and oxygen atoms in total. The lowest BCUT2D eigenvalue weighted by Crippen LogP contribution is -2.36. The van der Waals surface area contributed by atoms with E-state index < -0.39 is 0 Å². The molecule has 0 fully saturated rings. The lowest BCUT2D eigenvalue weighted by atomic mass is 10.1. The second-order valence-corrected chi connectivity index (χ2v) is 4.64. The van der Waals surface area contributed by atoms with Gasteiger partial charge in [0, 0.05) is 24.3 Å². The molecule has 19 heavy (non-hydrogen) atoms. The van der Waals surface area contributed by atoms with Crippen LogP contribution in [0, 0.1) is 0 Å². The topological polar surface area (TPSA) is 60.8 Å². The molecule has 0 amide bonds. The van der Waals surface area contributed by atoms with Crippen LogP contribution in [0.4, 0.5) is 5.69 Å². The maximum absolute atomic E-state index is 11.3. The van der Waals surface area contributed by atoms with E-state index in [0.29, 0.717) is 18.2 Å². The molecule has 0 aromatic heterocycles. The van der Waals surface area contributed by atoms with Crippen molar-refractivity contribution >= 4 is 11.5 Å². The number of nitrogens with zero attached hydrogens (tertiary/aromatic N) is 1. The lowest BCUT2D eigenvalue weighted by Gasteiger charge is -2.32. The molecule has 0 bridgehead atoms. The van der Waals surface area contributed by atoms with Gasteiger partial charge in [0.1, 0.15) is 5.75 Å². The van der Waals surface area contributed by atoms with Crippen LogP contribution in [-0.4, -0.2) is 35.2 Å². The highest BCUT2D eigenvalue weighted by atomic mass is 16.3. The fourth-order valence-corrected chi connectivity index (χ4v) is 2.36. The summed E-state index contributed by atoms with van der Waals surface area (Å²) in [6.07, 6.45) is 1.93. The Hall–Kier alpha value is -1.55. The van der Waals surface area contributed by atoms with E-state index in [1.165, 1.54) is 6.92 Å². The van der Waals surface area contributed by atoms with E-state index in [1.54, 1.807) is 12.1 Å². The first kappa shape index (κ1) is 15.5. The first-order valence-electron chi connectivity index (χ1n) is 6.76. The highest BCUT2D eigenvalue weighted by Gasteiger charge is 2.17. The van der Waals surface area contributed by atoms with E-state index in [-0.39, 0.29) is 18.1 Å². The van der Waals surface area contributed by atoms with Gasteiger partial charge in [-0.05, 0) is 31.9 Å². The molecule has 0 heterocycles. The Kier molecular flexibility index (Phi) is 5.83. The van der Waals surface area contributed by atoms with E-state index in [0.717, 1.165) is 18.5 Å². The van der Waals surface area contributed by atoms with Crippen LogP contribution >= 0.6 is 0 Å². The van der Waals surface area contributed by atoms with E-state index in [1.807, 2.05) is 6.07 Å². The minimum absolute atomic E-state index is 0.00102. The van der Waals surface area contributed by atoms with Gasteiger partial charge in [-0.25, -0.2) is 0 Å². The lowest BCUT2D eigenvalue weighted by molar-refractivity contribution is 0.101. The van der Waals surface area contributed by atoms with Crippen LogP contribution < -0.4 is 4.90 Å². The Labute approximate surface area is 114 Å². The van der Waals surface area contributed by atoms with Crippen LogP contribution in [0.1, 0.15) is 44.0 Å². The van der Waals surface area contributed by atoms with E-state index in [9.17, 15) is 15.0 Å². The summed E-state index contributed by atoms with van der Waals surface area (Å²) in [7, 11) is 0. The van der Waals surface area contributed by atoms with Crippen LogP contribution in [0.3, 0.4) is 0 Å². The van der Waals surface area contributed by atoms with Crippen LogP contribution in [-0.2, 0) is 0 Å². The normalized spacial score (nSPS) is 10.8. The largest absolute Gasteiger partial charge is 0.507 e. The number of ketones is 1. The monoisotopic (exact) mass is 265 g/mol. The Morgan fingerprint density at radius 1 is 1.32 bits per heavy atom. The number of aliphatic hydroxyl groups is 1. The van der Waals surface area contributed by atoms with Crippen molar-refractivity contribution in [2.45, 2.75) is 39.7 Å². The number of rotatable bonds is 7. The van der Waals surface area contributed by atoms with Crippen molar-refractivity contribution in [3.8, 4) is 5.75 Å². The predicted octanol–water partition coefficient (Wildman–Crippen LogP) is 2.58. The van der Waals surface area contributed by atoms with Gasteiger partial charge in [0.05, 0.1) is 12.2 Å². The highest BCUT2D eigenvalue weighted by molar-refractivity contribution is 5.97. The molecule has 2 N–H and O–H groups in total. The fraction of sp³-hybridized carbons (Fsp3) is 0.533. The van der Waals surface area contributed by atoms with Crippen molar-refractivity contribution in [3.63, 3.8) is 0 Å². The van der Waals surface area contributed by atoms with Gasteiger partial charge in [-0.1, -0.05) is 13.8 Å². The van der Waals surface area contributed by atoms with Gasteiger partial charge in [0.15, 0.2) is 5.78 Å². The smallest absolute Gasteiger partial charge is 0.163 e. The van der Waals surface area contributed by atoms with Crippen LogP contribution in [0.2, 0.25) is 0 Å². The number of hydrogen-bond acceptors (Lipinski definition) is 4. The minimum Gasteiger partial charge on any atom is -0.507 e. The molecule has 0 aliphatic rings. The van der Waals surface area contributed by atoms with E-state index in [4.69, 9.17) is 0 Å². The third kappa shape index (κ3) is 3.70. The Bertz CT molecular complexity index is 427. The van der Waals surface area contributed by atoms with Gasteiger partial charge in [0.25, 0.3) is 0 Å². The molecule has 1 rings (SSSR count). The predicted molar refractivity (Wildman–Crippen MR) is 76.9 cm³/mol. The number of hydrogen-bond donors (Lipinski definition) is 2. The number of Topliss-reactive ketones (excluding diaryl/α,β-unsaturated/α-hetero) is 1. The SMILES string of the molecule is CCC(CC)N(CCO)c1ccc(C(C)=O)c(O)c1. The number of phenolic OH excluding ortho intramolecular Hbond substituents is 1. The van der Waals surface area contributed by atoms with Crippen LogP contribution in [0.15, 0.2) is 18.2 Å². The molecule has 0 saturated heterocycles. The van der Waals surface area contributed by atoms with Crippen molar-refractivity contribution in [2.75, 3.05) is 18.1 Å². The zero-order chi connectivity index (χ0) is 14.4. The number of carbonyl (C=O) groups is 1. The number of anilines is 1. The third-order valence-corrected chi connectivity index (χ3v) is 3.42. The number of carbonyl (C=O) groups excluding carboxylic acids is 1. The molecular formula is C15H23NO3. The maximum atomic E-state index is 11.3. The van der Waals surface area contributed by atoms with E-state index >= 15 is 0 Å². The molecule has 0 radical (unpaired) electrons. The molecule has 0 saturated carbocycles. The number of aliphatic hydroxyl groups excluding tert-OH is 1. The molecule has 1 aromatic rings. The van der Waals surface area contributed by atoms with E-state index in [2.05, 4.69) is 18.7 Å². The van der Waals surface area contributed by atoms with Gasteiger partial charge in [-0.2, -0.15) is 0 Å². The van der Waals surface area contributed by atoms with Gasteiger partial charge in [-0.15, -0.1) is 0 Å². The summed E-state index contributed by atoms with van der Waals surface area (Å²) in [6, 6.07) is 5.38. The van der Waals surface area contributed by atoms with Crippen LogP contribution in [0.25, 0.3) is 0 Å². The summed E-state index contributed by atoms with van der Waals surface area (Å²) >= 11 is 0. The molecule has 106 valence electrons. The van der Waals surface area contributed by atoms with Crippen molar-refractivity contribution in [2.24, 2.45) is 0 Å². The number of benzene rings is 1. The van der Waals surface area contributed by atoms with Crippen molar-refractivity contribution in [3.05, 3.63) is 23.8 Å². The second kappa shape index (κ2) is 7.14. The minimum atomic E-state index is -0.153. The molecular weight excluding hydrogens is 242 g/mol. The summed E-state index contributed by atoms with van der Waals surface area (Å²) < 4.78 is 0. The average molecular weight is 265 g/mol. The number of aromatic hydroxyl groups is 1. The maximum Gasteiger partial charge on any atom is 0.163 e. The molecule has 0 aliphatic carbocycles. The van der Waals surface area contributed by atoms with Gasteiger partial charge in [-0.3, -0.25) is 4.79 Å². The second-order valence-electron chi connectivity index (χ2n) is 4.64. The van der Waals surface area contributed by atoms with Gasteiger partial charge in [0.2, 0.25) is 0 Å². The summed E-state index contributed by atoms with van der Waals surface area (Å²) in [4.78, 5) is 13.4. The summed E-state index contributed by atoms with van der Waals surface area (Å²) in [6.45, 7) is 6.21. The molecule has 0 aliphatic heterocycles. The van der Waals surface area contributed by atoms with Crippen molar-refractivity contribution < 1.29 is 15.0 Å². The third-order valence-electron chi connectivity index (χ3n) is 3.42.